The Hall–Kier alpha value is -1.35. The highest BCUT2D eigenvalue weighted by Crippen LogP contribution is 2.28. The molecular weight excluding hydrogens is 284 g/mol. The molecule has 1 saturated heterocycles. The summed E-state index contributed by atoms with van der Waals surface area (Å²) in [7, 11) is 0. The largest absolute Gasteiger partial charge is 0.352 e. The molecule has 3 nitrogen and oxygen atoms in total. The molecule has 0 radical (unpaired) electrons. The van der Waals surface area contributed by atoms with Crippen molar-refractivity contribution in [2.75, 3.05) is 13.1 Å². The summed E-state index contributed by atoms with van der Waals surface area (Å²) in [5.41, 5.74) is 1.13. The van der Waals surface area contributed by atoms with Gasteiger partial charge in [-0.1, -0.05) is 56.5 Å². The Balaban J connectivity index is 1.75. The second-order valence-electron chi connectivity index (χ2n) is 7.40. The topological polar surface area (TPSA) is 32.3 Å². The zero-order valence-corrected chi connectivity index (χ0v) is 14.3. The van der Waals surface area contributed by atoms with Crippen LogP contribution in [0.4, 0.5) is 0 Å². The Kier molecular flexibility index (Phi) is 5.71. The summed E-state index contributed by atoms with van der Waals surface area (Å²) in [5.74, 6) is 0.884. The second-order valence-corrected chi connectivity index (χ2v) is 7.40. The lowest BCUT2D eigenvalue weighted by molar-refractivity contribution is -0.128. The highest BCUT2D eigenvalue weighted by atomic mass is 16.2. The molecule has 0 unspecified atom stereocenters. The number of hydrogen-bond acceptors (Lipinski definition) is 2. The van der Waals surface area contributed by atoms with E-state index in [0.29, 0.717) is 12.0 Å². The number of nitrogens with one attached hydrogen (secondary N) is 1. The van der Waals surface area contributed by atoms with Crippen LogP contribution < -0.4 is 5.32 Å². The Bertz CT molecular complexity index is 496. The molecule has 1 saturated carbocycles. The van der Waals surface area contributed by atoms with Crippen molar-refractivity contribution in [1.82, 2.24) is 10.2 Å². The van der Waals surface area contributed by atoms with Gasteiger partial charge in [0.1, 0.15) is 6.04 Å². The van der Waals surface area contributed by atoms with Gasteiger partial charge >= 0.3 is 0 Å². The molecular formula is C20H30N2O. The second kappa shape index (κ2) is 7.96. The molecule has 0 bridgehead atoms. The summed E-state index contributed by atoms with van der Waals surface area (Å²) in [4.78, 5) is 15.5. The van der Waals surface area contributed by atoms with Crippen LogP contribution >= 0.6 is 0 Å². The summed E-state index contributed by atoms with van der Waals surface area (Å²) >= 11 is 0. The van der Waals surface area contributed by atoms with Gasteiger partial charge in [0.2, 0.25) is 5.91 Å². The number of carbonyl (C=O) groups is 1. The third kappa shape index (κ3) is 4.35. The number of hydrogen-bond donors (Lipinski definition) is 1. The number of likely N-dealkylation sites (tertiary alicyclic amines) is 1. The van der Waals surface area contributed by atoms with Crippen molar-refractivity contribution in [3.8, 4) is 0 Å². The van der Waals surface area contributed by atoms with Crippen molar-refractivity contribution in [2.45, 2.75) is 64.0 Å². The lowest BCUT2D eigenvalue weighted by Crippen LogP contribution is -2.47. The first-order valence-electron chi connectivity index (χ1n) is 9.33. The van der Waals surface area contributed by atoms with Crippen molar-refractivity contribution >= 4 is 5.91 Å². The van der Waals surface area contributed by atoms with Gasteiger partial charge in [0.15, 0.2) is 0 Å². The molecule has 1 amide bonds. The third-order valence-electron chi connectivity index (χ3n) is 5.37. The maximum absolute atomic E-state index is 13.1. The first-order valence-corrected chi connectivity index (χ1v) is 9.33. The molecule has 23 heavy (non-hydrogen) atoms. The van der Waals surface area contributed by atoms with Gasteiger partial charge < -0.3 is 5.32 Å². The van der Waals surface area contributed by atoms with Gasteiger partial charge in [-0.3, -0.25) is 9.69 Å². The molecule has 1 aromatic carbocycles. The first-order chi connectivity index (χ1) is 11.2. The molecule has 1 N–H and O–H groups in total. The molecule has 2 fully saturated rings. The Morgan fingerprint density at radius 1 is 1.09 bits per heavy atom. The van der Waals surface area contributed by atoms with Crippen molar-refractivity contribution in [1.29, 1.82) is 0 Å². The molecule has 126 valence electrons. The summed E-state index contributed by atoms with van der Waals surface area (Å²) in [5, 5.41) is 3.35. The van der Waals surface area contributed by atoms with Crippen molar-refractivity contribution in [3.05, 3.63) is 35.9 Å². The average Bonchev–Trinajstić information content (AvgIpc) is 2.57. The molecule has 1 aliphatic heterocycles. The lowest BCUT2D eigenvalue weighted by atomic mass is 9.93. The summed E-state index contributed by atoms with van der Waals surface area (Å²) in [6, 6.07) is 10.6. The quantitative estimate of drug-likeness (QED) is 0.914. The molecule has 3 heteroatoms. The predicted molar refractivity (Wildman–Crippen MR) is 94.2 cm³/mol. The predicted octanol–water partition coefficient (Wildman–Crippen LogP) is 3.91. The molecule has 2 aliphatic rings. The van der Waals surface area contributed by atoms with Crippen LogP contribution in [0.2, 0.25) is 0 Å². The third-order valence-corrected chi connectivity index (χ3v) is 5.37. The summed E-state index contributed by atoms with van der Waals surface area (Å²) < 4.78 is 0. The van der Waals surface area contributed by atoms with E-state index < -0.39 is 0 Å². The number of piperidine rings is 1. The first kappa shape index (κ1) is 16.5. The monoisotopic (exact) mass is 314 g/mol. The maximum atomic E-state index is 13.1. The summed E-state index contributed by atoms with van der Waals surface area (Å²) in [6.45, 7) is 4.35. The minimum atomic E-state index is -0.124. The Morgan fingerprint density at radius 3 is 2.52 bits per heavy atom. The minimum Gasteiger partial charge on any atom is -0.352 e. The van der Waals surface area contributed by atoms with Crippen LogP contribution in [0.1, 0.15) is 63.5 Å². The number of amides is 1. The van der Waals surface area contributed by atoms with Crippen LogP contribution in [0.5, 0.6) is 0 Å². The van der Waals surface area contributed by atoms with E-state index in [1.165, 1.54) is 32.1 Å². The highest BCUT2D eigenvalue weighted by molar-refractivity contribution is 5.83. The van der Waals surface area contributed by atoms with Gasteiger partial charge in [-0.2, -0.15) is 0 Å². The van der Waals surface area contributed by atoms with Crippen molar-refractivity contribution in [2.24, 2.45) is 5.92 Å². The number of rotatable bonds is 4. The smallest absolute Gasteiger partial charge is 0.242 e. The normalized spacial score (nSPS) is 25.0. The number of benzene rings is 1. The summed E-state index contributed by atoms with van der Waals surface area (Å²) in [6.07, 6.45) is 8.58. The van der Waals surface area contributed by atoms with E-state index in [1.807, 2.05) is 18.2 Å². The fourth-order valence-corrected chi connectivity index (χ4v) is 4.15. The Morgan fingerprint density at radius 2 is 1.83 bits per heavy atom. The van der Waals surface area contributed by atoms with Gasteiger partial charge in [0.25, 0.3) is 0 Å². The molecule has 1 aliphatic carbocycles. The molecule has 1 aromatic rings. The van der Waals surface area contributed by atoms with E-state index in [-0.39, 0.29) is 11.9 Å². The fraction of sp³-hybridized carbons (Fsp3) is 0.650. The molecule has 3 rings (SSSR count). The fourth-order valence-electron chi connectivity index (χ4n) is 4.15. The zero-order valence-electron chi connectivity index (χ0n) is 14.3. The van der Waals surface area contributed by atoms with Gasteiger partial charge in [0, 0.05) is 12.6 Å². The average molecular weight is 314 g/mol. The molecule has 0 spiro atoms. The van der Waals surface area contributed by atoms with Gasteiger partial charge in [-0.25, -0.2) is 0 Å². The minimum absolute atomic E-state index is 0.124. The molecule has 2 atom stereocenters. The highest BCUT2D eigenvalue weighted by Gasteiger charge is 2.31. The van der Waals surface area contributed by atoms with E-state index in [9.17, 15) is 4.79 Å². The SMILES string of the molecule is C[C@@H]1CCCN([C@@H](C(=O)NC2CCCCC2)c2ccccc2)C1. The number of carbonyl (C=O) groups excluding carboxylic acids is 1. The molecule has 1 heterocycles. The van der Waals surface area contributed by atoms with Crippen LogP contribution in [0.25, 0.3) is 0 Å². The lowest BCUT2D eigenvalue weighted by Gasteiger charge is -2.37. The van der Waals surface area contributed by atoms with Gasteiger partial charge in [-0.05, 0) is 43.7 Å². The molecule has 0 aromatic heterocycles. The standard InChI is InChI=1S/C20H30N2O/c1-16-9-8-14-22(15-16)19(17-10-4-2-5-11-17)20(23)21-18-12-6-3-7-13-18/h2,4-5,10-11,16,18-19H,3,6-9,12-15H2,1H3,(H,21,23)/t16-,19-/m1/s1. The van der Waals surface area contributed by atoms with Crippen LogP contribution in [0.3, 0.4) is 0 Å². The van der Waals surface area contributed by atoms with E-state index in [4.69, 9.17) is 0 Å². The van der Waals surface area contributed by atoms with Gasteiger partial charge in [-0.15, -0.1) is 0 Å². The van der Waals surface area contributed by atoms with E-state index >= 15 is 0 Å². The number of nitrogens with zero attached hydrogens (tertiary/aromatic N) is 1. The van der Waals surface area contributed by atoms with Crippen molar-refractivity contribution in [3.63, 3.8) is 0 Å². The van der Waals surface area contributed by atoms with Crippen LogP contribution in [-0.4, -0.2) is 29.9 Å². The van der Waals surface area contributed by atoms with E-state index in [0.717, 1.165) is 31.5 Å². The van der Waals surface area contributed by atoms with E-state index in [1.54, 1.807) is 0 Å². The van der Waals surface area contributed by atoms with Crippen LogP contribution in [0, 0.1) is 5.92 Å². The van der Waals surface area contributed by atoms with Gasteiger partial charge in [0.05, 0.1) is 0 Å². The van der Waals surface area contributed by atoms with Crippen molar-refractivity contribution < 1.29 is 4.79 Å². The maximum Gasteiger partial charge on any atom is 0.242 e. The Labute approximate surface area is 140 Å². The van der Waals surface area contributed by atoms with Crippen LogP contribution in [0.15, 0.2) is 30.3 Å². The zero-order chi connectivity index (χ0) is 16.1. The van der Waals surface area contributed by atoms with Crippen LogP contribution in [-0.2, 0) is 4.79 Å². The van der Waals surface area contributed by atoms with E-state index in [2.05, 4.69) is 29.3 Å².